The molecule has 1 aromatic carbocycles. The Morgan fingerprint density at radius 1 is 1.48 bits per heavy atom. The first-order valence-corrected chi connectivity index (χ1v) is 9.42. The summed E-state index contributed by atoms with van der Waals surface area (Å²) in [7, 11) is -2.41. The van der Waals surface area contributed by atoms with Crippen molar-refractivity contribution in [3.8, 4) is 6.07 Å². The average molecular weight is 390 g/mol. The van der Waals surface area contributed by atoms with E-state index in [1.807, 2.05) is 0 Å². The minimum Gasteiger partial charge on any atom is -0.345 e. The number of nitriles is 1. The van der Waals surface area contributed by atoms with Gasteiger partial charge in [0.1, 0.15) is 28.8 Å². The number of aromatic nitrogens is 1. The fourth-order valence-electron chi connectivity index (χ4n) is 3.01. The fraction of sp³-hybridized carbons (Fsp3) is 0.235. The third-order valence-corrected chi connectivity index (χ3v) is 5.82. The van der Waals surface area contributed by atoms with Crippen molar-refractivity contribution in [2.45, 2.75) is 23.8 Å². The second-order valence-corrected chi connectivity index (χ2v) is 7.78. The van der Waals surface area contributed by atoms with Gasteiger partial charge in [0.15, 0.2) is 0 Å². The number of rotatable bonds is 3. The first-order chi connectivity index (χ1) is 12.8. The van der Waals surface area contributed by atoms with Crippen molar-refractivity contribution in [2.24, 2.45) is 7.05 Å². The molecule has 0 bridgehead atoms. The van der Waals surface area contributed by atoms with Gasteiger partial charge in [-0.2, -0.15) is 5.26 Å². The molecule has 0 fully saturated rings. The van der Waals surface area contributed by atoms with Crippen molar-refractivity contribution in [1.82, 2.24) is 9.29 Å². The number of anilines is 1. The van der Waals surface area contributed by atoms with Gasteiger partial charge in [-0.3, -0.25) is 4.79 Å². The van der Waals surface area contributed by atoms with Crippen molar-refractivity contribution in [2.75, 3.05) is 5.32 Å². The zero-order chi connectivity index (χ0) is 19.8. The molecule has 140 valence electrons. The second-order valence-electron chi connectivity index (χ2n) is 6.09. The summed E-state index contributed by atoms with van der Waals surface area (Å²) in [6.45, 7) is 0. The highest BCUT2D eigenvalue weighted by atomic mass is 32.2. The molecule has 2 heterocycles. The first-order valence-electron chi connectivity index (χ1n) is 7.93. The van der Waals surface area contributed by atoms with E-state index in [4.69, 9.17) is 5.26 Å². The molecule has 2 N–H and O–H groups in total. The lowest BCUT2D eigenvalue weighted by atomic mass is 10.1. The lowest BCUT2D eigenvalue weighted by Gasteiger charge is -2.10. The van der Waals surface area contributed by atoms with E-state index in [-0.39, 0.29) is 34.7 Å². The summed E-state index contributed by atoms with van der Waals surface area (Å²) in [5.41, 5.74) is 0.395. The highest BCUT2D eigenvalue weighted by Crippen LogP contribution is 2.27. The van der Waals surface area contributed by atoms with Crippen LogP contribution in [0.2, 0.25) is 0 Å². The summed E-state index contributed by atoms with van der Waals surface area (Å²) in [4.78, 5) is 23.7. The van der Waals surface area contributed by atoms with Gasteiger partial charge in [-0.25, -0.2) is 17.5 Å². The standard InChI is InChI=1S/C17H15FN4O4S/c1-22-8-15-13(4-2-12(9-23)21-27(15,25)26)16(22)17(24)20-11-3-5-14(18)10(6-11)7-19/h3,5-6,8-9,12,21H,2,4H2,1H3,(H,20,24)/t12-/m1/s1. The molecule has 2 aromatic rings. The normalized spacial score (nSPS) is 18.0. The molecular formula is C17H15FN4O4S. The first kappa shape index (κ1) is 18.8. The van der Waals surface area contributed by atoms with E-state index in [1.165, 1.54) is 29.9 Å². The van der Waals surface area contributed by atoms with Crippen molar-refractivity contribution in [1.29, 1.82) is 5.26 Å². The number of nitrogens with zero attached hydrogens (tertiary/aromatic N) is 2. The largest absolute Gasteiger partial charge is 0.345 e. The molecule has 1 aliphatic rings. The van der Waals surface area contributed by atoms with E-state index < -0.39 is 27.8 Å². The van der Waals surface area contributed by atoms with Gasteiger partial charge in [0, 0.05) is 24.5 Å². The van der Waals surface area contributed by atoms with E-state index in [9.17, 15) is 22.4 Å². The number of fused-ring (bicyclic) bond motifs is 1. The van der Waals surface area contributed by atoms with Crippen LogP contribution in [-0.2, 0) is 28.3 Å². The molecule has 0 aliphatic carbocycles. The van der Waals surface area contributed by atoms with Crippen LogP contribution in [0.4, 0.5) is 10.1 Å². The minimum atomic E-state index is -3.94. The van der Waals surface area contributed by atoms with Crippen molar-refractivity contribution >= 4 is 27.9 Å². The summed E-state index contributed by atoms with van der Waals surface area (Å²) in [6.07, 6.45) is 2.26. The summed E-state index contributed by atoms with van der Waals surface area (Å²) in [5, 5.41) is 11.4. The highest BCUT2D eigenvalue weighted by molar-refractivity contribution is 7.89. The lowest BCUT2D eigenvalue weighted by Crippen LogP contribution is -2.34. The number of nitrogens with one attached hydrogen (secondary N) is 2. The highest BCUT2D eigenvalue weighted by Gasteiger charge is 2.32. The molecule has 0 radical (unpaired) electrons. The van der Waals surface area contributed by atoms with Gasteiger partial charge in [-0.05, 0) is 31.0 Å². The minimum absolute atomic E-state index is 0.0590. The Labute approximate surface area is 154 Å². The Morgan fingerprint density at radius 3 is 2.89 bits per heavy atom. The zero-order valence-corrected chi connectivity index (χ0v) is 15.0. The number of amides is 1. The summed E-state index contributed by atoms with van der Waals surface area (Å²) < 4.78 is 42.0. The molecule has 0 unspecified atom stereocenters. The quantitative estimate of drug-likeness (QED) is 0.760. The molecule has 1 aliphatic heterocycles. The van der Waals surface area contributed by atoms with Gasteiger partial charge in [-0.15, -0.1) is 0 Å². The number of hydrogen-bond acceptors (Lipinski definition) is 5. The van der Waals surface area contributed by atoms with Crippen LogP contribution in [0.25, 0.3) is 0 Å². The molecule has 0 saturated carbocycles. The molecule has 27 heavy (non-hydrogen) atoms. The maximum absolute atomic E-state index is 13.4. The summed E-state index contributed by atoms with van der Waals surface area (Å²) >= 11 is 0. The predicted molar refractivity (Wildman–Crippen MR) is 93.0 cm³/mol. The number of hydrogen-bond donors (Lipinski definition) is 2. The topological polar surface area (TPSA) is 121 Å². The van der Waals surface area contributed by atoms with Crippen molar-refractivity contribution in [3.63, 3.8) is 0 Å². The van der Waals surface area contributed by atoms with Gasteiger partial charge in [0.25, 0.3) is 5.91 Å². The van der Waals surface area contributed by atoms with E-state index >= 15 is 0 Å². The molecule has 10 heteroatoms. The van der Waals surface area contributed by atoms with Gasteiger partial charge in [0.2, 0.25) is 10.0 Å². The van der Waals surface area contributed by atoms with Crippen LogP contribution in [0.3, 0.4) is 0 Å². The van der Waals surface area contributed by atoms with Crippen LogP contribution in [-0.4, -0.2) is 31.2 Å². The van der Waals surface area contributed by atoms with Crippen LogP contribution in [0.15, 0.2) is 29.3 Å². The van der Waals surface area contributed by atoms with Crippen LogP contribution in [0.1, 0.15) is 28.0 Å². The maximum atomic E-state index is 13.4. The van der Waals surface area contributed by atoms with E-state index in [0.717, 1.165) is 6.07 Å². The van der Waals surface area contributed by atoms with Crippen LogP contribution in [0, 0.1) is 17.1 Å². The molecule has 0 saturated heterocycles. The zero-order valence-electron chi connectivity index (χ0n) is 14.2. The molecule has 3 rings (SSSR count). The lowest BCUT2D eigenvalue weighted by molar-refractivity contribution is -0.109. The SMILES string of the molecule is Cn1cc2c(c1C(=O)Nc1ccc(F)c(C#N)c1)CC[C@H](C=O)NS2(=O)=O. The molecular weight excluding hydrogens is 375 g/mol. The maximum Gasteiger partial charge on any atom is 0.272 e. The van der Waals surface area contributed by atoms with E-state index in [0.29, 0.717) is 11.8 Å². The van der Waals surface area contributed by atoms with Gasteiger partial charge in [0.05, 0.1) is 11.6 Å². The fourth-order valence-corrected chi connectivity index (χ4v) is 4.53. The van der Waals surface area contributed by atoms with Crippen LogP contribution < -0.4 is 10.0 Å². The van der Waals surface area contributed by atoms with Gasteiger partial charge < -0.3 is 14.7 Å². The number of carbonyl (C=O) groups is 2. The molecule has 0 spiro atoms. The molecule has 8 nitrogen and oxygen atoms in total. The Balaban J connectivity index is 1.99. The van der Waals surface area contributed by atoms with Crippen LogP contribution in [0.5, 0.6) is 0 Å². The Bertz CT molecular complexity index is 1090. The van der Waals surface area contributed by atoms with Gasteiger partial charge in [-0.1, -0.05) is 0 Å². The average Bonchev–Trinajstić information content (AvgIpc) is 2.91. The summed E-state index contributed by atoms with van der Waals surface area (Å²) in [6, 6.07) is 4.37. The molecule has 1 aromatic heterocycles. The van der Waals surface area contributed by atoms with E-state index in [1.54, 1.807) is 6.07 Å². The number of aldehydes is 1. The van der Waals surface area contributed by atoms with Gasteiger partial charge >= 0.3 is 0 Å². The smallest absolute Gasteiger partial charge is 0.272 e. The Hall–Kier alpha value is -3.03. The number of halogens is 1. The van der Waals surface area contributed by atoms with Crippen molar-refractivity contribution in [3.05, 3.63) is 47.0 Å². The molecule has 1 amide bonds. The number of aryl methyl sites for hydroxylation is 1. The van der Waals surface area contributed by atoms with Crippen molar-refractivity contribution < 1.29 is 22.4 Å². The summed E-state index contributed by atoms with van der Waals surface area (Å²) in [5.74, 6) is -1.31. The number of sulfonamides is 1. The Kier molecular flexibility index (Phi) is 4.82. The molecule has 1 atom stereocenters. The second kappa shape index (κ2) is 6.94. The third-order valence-electron chi connectivity index (χ3n) is 4.27. The monoisotopic (exact) mass is 390 g/mol. The number of benzene rings is 1. The van der Waals surface area contributed by atoms with Crippen LogP contribution >= 0.6 is 0 Å². The number of carbonyl (C=O) groups excluding carboxylic acids is 2. The predicted octanol–water partition coefficient (Wildman–Crippen LogP) is 1.08. The van der Waals surface area contributed by atoms with E-state index in [2.05, 4.69) is 10.0 Å². The Morgan fingerprint density at radius 2 is 2.22 bits per heavy atom. The third kappa shape index (κ3) is 3.47.